The molecule has 0 unspecified atom stereocenters. The Bertz CT molecular complexity index is 894. The quantitative estimate of drug-likeness (QED) is 0.539. The highest BCUT2D eigenvalue weighted by Crippen LogP contribution is 2.29. The van der Waals surface area contributed by atoms with Crippen molar-refractivity contribution in [1.29, 1.82) is 0 Å². The van der Waals surface area contributed by atoms with Crippen molar-refractivity contribution in [3.8, 4) is 0 Å². The number of hydrogen-bond donors (Lipinski definition) is 2. The fourth-order valence-electron chi connectivity index (χ4n) is 2.86. The van der Waals surface area contributed by atoms with E-state index in [1.54, 1.807) is 48.5 Å². The van der Waals surface area contributed by atoms with E-state index in [1.165, 1.54) is 0 Å². The van der Waals surface area contributed by atoms with Crippen molar-refractivity contribution in [2.24, 2.45) is 5.10 Å². The summed E-state index contributed by atoms with van der Waals surface area (Å²) in [6, 6.07) is 25.6. The first-order valence-electron chi connectivity index (χ1n) is 8.77. The Morgan fingerprint density at radius 1 is 0.852 bits per heavy atom. The Hall–Kier alpha value is -3.24. The van der Waals surface area contributed by atoms with E-state index in [1.807, 2.05) is 50.2 Å². The minimum atomic E-state index is -1.83. The smallest absolute Gasteiger partial charge is 0.281 e. The summed E-state index contributed by atoms with van der Waals surface area (Å²) in [6.07, 6.45) is 0. The average molecular weight is 358 g/mol. The van der Waals surface area contributed by atoms with E-state index in [4.69, 9.17) is 0 Å². The summed E-state index contributed by atoms with van der Waals surface area (Å²) in [5, 5.41) is 15.6. The monoisotopic (exact) mass is 358 g/mol. The number of hydrazone groups is 1. The zero-order valence-corrected chi connectivity index (χ0v) is 15.4. The lowest BCUT2D eigenvalue weighted by atomic mass is 9.85. The van der Waals surface area contributed by atoms with Gasteiger partial charge in [0.15, 0.2) is 5.60 Å². The summed E-state index contributed by atoms with van der Waals surface area (Å²) in [5.41, 5.74) is 4.38. The van der Waals surface area contributed by atoms with Crippen LogP contribution in [0, 0.1) is 6.92 Å². The summed E-state index contributed by atoms with van der Waals surface area (Å²) in [6.45, 7) is 3.83. The standard InChI is InChI=1S/C23H22N2O2/c1-17-13-15-19(16-14-17)18(2)24-25-22(26)23(27,20-9-5-3-6-10-20)21-11-7-4-8-12-21/h3-16,27H,1-2H3,(H,25,26). The van der Waals surface area contributed by atoms with Crippen LogP contribution in [-0.2, 0) is 10.4 Å². The van der Waals surface area contributed by atoms with E-state index in [-0.39, 0.29) is 0 Å². The average Bonchev–Trinajstić information content (AvgIpc) is 2.73. The molecular weight excluding hydrogens is 336 g/mol. The van der Waals surface area contributed by atoms with Crippen molar-refractivity contribution >= 4 is 11.6 Å². The number of carbonyl (C=O) groups is 1. The van der Waals surface area contributed by atoms with E-state index in [0.29, 0.717) is 16.8 Å². The minimum absolute atomic E-state index is 0.483. The first-order chi connectivity index (χ1) is 13.0. The van der Waals surface area contributed by atoms with Crippen LogP contribution in [0.25, 0.3) is 0 Å². The topological polar surface area (TPSA) is 61.7 Å². The van der Waals surface area contributed by atoms with Crippen LogP contribution in [0.3, 0.4) is 0 Å². The Morgan fingerprint density at radius 2 is 1.33 bits per heavy atom. The number of aryl methyl sites for hydroxylation is 1. The van der Waals surface area contributed by atoms with Crippen LogP contribution in [0.15, 0.2) is 90.0 Å². The van der Waals surface area contributed by atoms with Gasteiger partial charge in [-0.25, -0.2) is 5.43 Å². The summed E-state index contributed by atoms with van der Waals surface area (Å²) in [5.74, 6) is -0.605. The van der Waals surface area contributed by atoms with Crippen LogP contribution in [-0.4, -0.2) is 16.7 Å². The van der Waals surface area contributed by atoms with E-state index in [2.05, 4.69) is 10.5 Å². The molecule has 4 heteroatoms. The Kier molecular flexibility index (Phi) is 5.48. The maximum Gasteiger partial charge on any atom is 0.281 e. The number of nitrogens with one attached hydrogen (secondary N) is 1. The van der Waals surface area contributed by atoms with Crippen molar-refractivity contribution in [1.82, 2.24) is 5.43 Å². The second kappa shape index (κ2) is 7.98. The number of rotatable bonds is 5. The number of hydrogen-bond acceptors (Lipinski definition) is 3. The molecule has 0 saturated carbocycles. The molecule has 0 aromatic heterocycles. The molecule has 0 saturated heterocycles. The van der Waals surface area contributed by atoms with E-state index >= 15 is 0 Å². The predicted octanol–water partition coefficient (Wildman–Crippen LogP) is 3.77. The lowest BCUT2D eigenvalue weighted by molar-refractivity contribution is -0.136. The second-order valence-corrected chi connectivity index (χ2v) is 6.45. The molecule has 136 valence electrons. The van der Waals surface area contributed by atoms with Crippen molar-refractivity contribution in [3.05, 3.63) is 107 Å². The first-order valence-corrected chi connectivity index (χ1v) is 8.77. The van der Waals surface area contributed by atoms with Gasteiger partial charge in [-0.1, -0.05) is 90.5 Å². The van der Waals surface area contributed by atoms with Gasteiger partial charge in [-0.2, -0.15) is 5.10 Å². The van der Waals surface area contributed by atoms with Crippen molar-refractivity contribution in [2.45, 2.75) is 19.4 Å². The van der Waals surface area contributed by atoms with Gasteiger partial charge >= 0.3 is 0 Å². The molecule has 3 aromatic rings. The third kappa shape index (κ3) is 3.96. The molecule has 3 rings (SSSR count). The van der Waals surface area contributed by atoms with E-state index in [0.717, 1.165) is 11.1 Å². The third-order valence-corrected chi connectivity index (χ3v) is 4.51. The molecule has 0 aliphatic rings. The van der Waals surface area contributed by atoms with Gasteiger partial charge in [0.25, 0.3) is 5.91 Å². The van der Waals surface area contributed by atoms with Crippen LogP contribution in [0.4, 0.5) is 0 Å². The van der Waals surface area contributed by atoms with Crippen molar-refractivity contribution < 1.29 is 9.90 Å². The van der Waals surface area contributed by atoms with Gasteiger partial charge in [0.2, 0.25) is 0 Å². The fraction of sp³-hybridized carbons (Fsp3) is 0.130. The first kappa shape index (κ1) is 18.5. The minimum Gasteiger partial charge on any atom is -0.372 e. The summed E-state index contributed by atoms with van der Waals surface area (Å²) in [4.78, 5) is 13.0. The number of aliphatic hydroxyl groups is 1. The predicted molar refractivity (Wildman–Crippen MR) is 107 cm³/mol. The fourth-order valence-corrected chi connectivity index (χ4v) is 2.86. The van der Waals surface area contributed by atoms with Gasteiger partial charge in [0, 0.05) is 0 Å². The molecule has 0 atom stereocenters. The summed E-state index contributed by atoms with van der Waals surface area (Å²) < 4.78 is 0. The van der Waals surface area contributed by atoms with Gasteiger partial charge in [-0.3, -0.25) is 4.79 Å². The van der Waals surface area contributed by atoms with E-state index < -0.39 is 11.5 Å². The molecule has 3 aromatic carbocycles. The van der Waals surface area contributed by atoms with Crippen LogP contribution in [0.5, 0.6) is 0 Å². The molecule has 1 amide bonds. The van der Waals surface area contributed by atoms with Gasteiger partial charge in [-0.05, 0) is 30.5 Å². The number of carbonyl (C=O) groups excluding carboxylic acids is 1. The Morgan fingerprint density at radius 3 is 1.81 bits per heavy atom. The van der Waals surface area contributed by atoms with Crippen molar-refractivity contribution in [2.75, 3.05) is 0 Å². The molecule has 0 aliphatic carbocycles. The highest BCUT2D eigenvalue weighted by molar-refractivity contribution is 6.00. The summed E-state index contributed by atoms with van der Waals surface area (Å²) in [7, 11) is 0. The number of benzene rings is 3. The SMILES string of the molecule is CC(=NNC(=O)C(O)(c1ccccc1)c1ccccc1)c1ccc(C)cc1. The van der Waals surface area contributed by atoms with Crippen LogP contribution in [0.1, 0.15) is 29.2 Å². The second-order valence-electron chi connectivity index (χ2n) is 6.45. The lowest BCUT2D eigenvalue weighted by Gasteiger charge is -2.27. The van der Waals surface area contributed by atoms with Gasteiger partial charge in [0.1, 0.15) is 0 Å². The van der Waals surface area contributed by atoms with Crippen LogP contribution >= 0.6 is 0 Å². The highest BCUT2D eigenvalue weighted by Gasteiger charge is 2.39. The molecule has 4 nitrogen and oxygen atoms in total. The van der Waals surface area contributed by atoms with Gasteiger partial charge in [0.05, 0.1) is 5.71 Å². The lowest BCUT2D eigenvalue weighted by Crippen LogP contribution is -2.43. The molecule has 0 fully saturated rings. The summed E-state index contributed by atoms with van der Waals surface area (Å²) >= 11 is 0. The third-order valence-electron chi connectivity index (χ3n) is 4.51. The van der Waals surface area contributed by atoms with Gasteiger partial charge < -0.3 is 5.11 Å². The normalized spacial score (nSPS) is 11.9. The van der Waals surface area contributed by atoms with Crippen LogP contribution < -0.4 is 5.43 Å². The van der Waals surface area contributed by atoms with Gasteiger partial charge in [-0.15, -0.1) is 0 Å². The molecule has 0 aliphatic heterocycles. The molecule has 2 N–H and O–H groups in total. The Balaban J connectivity index is 1.92. The van der Waals surface area contributed by atoms with E-state index in [9.17, 15) is 9.90 Å². The number of nitrogens with zero attached hydrogens (tertiary/aromatic N) is 1. The largest absolute Gasteiger partial charge is 0.372 e. The maximum atomic E-state index is 13.0. The van der Waals surface area contributed by atoms with Crippen molar-refractivity contribution in [3.63, 3.8) is 0 Å². The van der Waals surface area contributed by atoms with Crippen LogP contribution in [0.2, 0.25) is 0 Å². The molecular formula is C23H22N2O2. The number of amides is 1. The molecule has 0 bridgehead atoms. The zero-order valence-electron chi connectivity index (χ0n) is 15.4. The molecule has 0 spiro atoms. The molecule has 0 heterocycles. The molecule has 0 radical (unpaired) electrons. The molecule has 27 heavy (non-hydrogen) atoms. The highest BCUT2D eigenvalue weighted by atomic mass is 16.3. The Labute approximate surface area is 159 Å². The maximum absolute atomic E-state index is 13.0. The zero-order chi connectivity index (χ0) is 19.3.